The van der Waals surface area contributed by atoms with E-state index in [1.165, 1.54) is 57.4 Å². The summed E-state index contributed by atoms with van der Waals surface area (Å²) < 4.78 is 10.8. The lowest BCUT2D eigenvalue weighted by molar-refractivity contribution is 0.192. The zero-order valence-corrected chi connectivity index (χ0v) is 13.8. The number of likely N-dealkylation sites (tertiary alicyclic amines) is 1. The molecule has 0 amide bonds. The average molecular weight is 304 g/mol. The van der Waals surface area contributed by atoms with Crippen LogP contribution in [0.1, 0.15) is 37.3 Å². The lowest BCUT2D eigenvalue weighted by atomic mass is 9.96. The Morgan fingerprint density at radius 2 is 1.86 bits per heavy atom. The van der Waals surface area contributed by atoms with Crippen molar-refractivity contribution >= 4 is 0 Å². The fourth-order valence-electron chi connectivity index (χ4n) is 3.88. The van der Waals surface area contributed by atoms with Gasteiger partial charge in [-0.25, -0.2) is 0 Å². The highest BCUT2D eigenvalue weighted by Crippen LogP contribution is 2.37. The first kappa shape index (κ1) is 15.6. The van der Waals surface area contributed by atoms with Crippen LogP contribution < -0.4 is 14.8 Å². The molecule has 1 N–H and O–H groups in total. The average Bonchev–Trinajstić information content (AvgIpc) is 3.03. The second-order valence-electron chi connectivity index (χ2n) is 6.46. The van der Waals surface area contributed by atoms with Crippen molar-refractivity contribution in [3.05, 3.63) is 23.8 Å². The van der Waals surface area contributed by atoms with E-state index in [2.05, 4.69) is 22.3 Å². The van der Waals surface area contributed by atoms with Crippen LogP contribution in [0.5, 0.6) is 11.5 Å². The molecule has 1 atom stereocenters. The molecule has 0 aromatic heterocycles. The van der Waals surface area contributed by atoms with Gasteiger partial charge in [-0.3, -0.25) is 4.90 Å². The quantitative estimate of drug-likeness (QED) is 0.907. The van der Waals surface area contributed by atoms with Gasteiger partial charge in [0.15, 0.2) is 11.5 Å². The molecule has 3 rings (SSSR count). The molecule has 2 aliphatic heterocycles. The third-order valence-corrected chi connectivity index (χ3v) is 5.11. The molecule has 1 aromatic carbocycles. The van der Waals surface area contributed by atoms with Crippen LogP contribution in [0.15, 0.2) is 18.2 Å². The smallest absolute Gasteiger partial charge is 0.161 e. The predicted molar refractivity (Wildman–Crippen MR) is 88.7 cm³/mol. The molecule has 0 bridgehead atoms. The topological polar surface area (TPSA) is 33.7 Å². The normalized spacial score (nSPS) is 23.6. The minimum absolute atomic E-state index is 0.537. The lowest BCUT2D eigenvalue weighted by Gasteiger charge is -2.31. The Hall–Kier alpha value is -1.26. The van der Waals surface area contributed by atoms with Crippen molar-refractivity contribution in [1.29, 1.82) is 0 Å². The number of piperidine rings is 1. The Bertz CT molecular complexity index is 486. The van der Waals surface area contributed by atoms with Crippen molar-refractivity contribution in [1.82, 2.24) is 10.2 Å². The summed E-state index contributed by atoms with van der Waals surface area (Å²) in [5, 5.41) is 3.46. The van der Waals surface area contributed by atoms with E-state index in [1.54, 1.807) is 14.2 Å². The Morgan fingerprint density at radius 1 is 1.09 bits per heavy atom. The van der Waals surface area contributed by atoms with E-state index in [-0.39, 0.29) is 0 Å². The van der Waals surface area contributed by atoms with Gasteiger partial charge in [-0.2, -0.15) is 0 Å². The van der Waals surface area contributed by atoms with Crippen molar-refractivity contribution in [2.24, 2.45) is 5.92 Å². The second-order valence-corrected chi connectivity index (χ2v) is 6.46. The van der Waals surface area contributed by atoms with Crippen LogP contribution >= 0.6 is 0 Å². The number of hydrogen-bond donors (Lipinski definition) is 1. The Balaban J connectivity index is 1.71. The molecular weight excluding hydrogens is 276 g/mol. The standard InChI is InChI=1S/C18H28N2O2/c1-21-17-6-5-15(12-18(17)22-2)16-4-3-11-20(16)13-14-7-9-19-10-8-14/h5-6,12,14,16,19H,3-4,7-11,13H2,1-2H3. The Kier molecular flexibility index (Phi) is 5.21. The summed E-state index contributed by atoms with van der Waals surface area (Å²) in [6.07, 6.45) is 5.18. The number of nitrogens with zero attached hydrogens (tertiary/aromatic N) is 1. The maximum atomic E-state index is 5.47. The van der Waals surface area contributed by atoms with Crippen molar-refractivity contribution in [2.45, 2.75) is 31.7 Å². The molecule has 22 heavy (non-hydrogen) atoms. The van der Waals surface area contributed by atoms with Crippen LogP contribution in [-0.4, -0.2) is 45.3 Å². The van der Waals surface area contributed by atoms with E-state index < -0.39 is 0 Å². The van der Waals surface area contributed by atoms with Crippen LogP contribution in [0.3, 0.4) is 0 Å². The SMILES string of the molecule is COc1ccc(C2CCCN2CC2CCNCC2)cc1OC. The molecule has 0 saturated carbocycles. The molecule has 4 nitrogen and oxygen atoms in total. The van der Waals surface area contributed by atoms with E-state index in [9.17, 15) is 0 Å². The molecule has 4 heteroatoms. The number of benzene rings is 1. The van der Waals surface area contributed by atoms with E-state index >= 15 is 0 Å². The zero-order valence-electron chi connectivity index (χ0n) is 13.8. The van der Waals surface area contributed by atoms with Gasteiger partial charge in [0.1, 0.15) is 0 Å². The van der Waals surface area contributed by atoms with Crippen molar-refractivity contribution in [2.75, 3.05) is 40.4 Å². The van der Waals surface area contributed by atoms with Gasteiger partial charge in [-0.05, 0) is 68.9 Å². The highest BCUT2D eigenvalue weighted by Gasteiger charge is 2.29. The van der Waals surface area contributed by atoms with Gasteiger partial charge >= 0.3 is 0 Å². The van der Waals surface area contributed by atoms with E-state index in [0.29, 0.717) is 6.04 Å². The molecular formula is C18H28N2O2. The lowest BCUT2D eigenvalue weighted by Crippen LogP contribution is -2.36. The summed E-state index contributed by atoms with van der Waals surface area (Å²) in [4.78, 5) is 2.68. The number of rotatable bonds is 5. The number of hydrogen-bond acceptors (Lipinski definition) is 4. The van der Waals surface area contributed by atoms with Gasteiger partial charge in [-0.1, -0.05) is 6.07 Å². The highest BCUT2D eigenvalue weighted by atomic mass is 16.5. The molecule has 2 aliphatic rings. The van der Waals surface area contributed by atoms with Crippen molar-refractivity contribution in [3.63, 3.8) is 0 Å². The minimum Gasteiger partial charge on any atom is -0.493 e. The first-order chi connectivity index (χ1) is 10.8. The van der Waals surface area contributed by atoms with Gasteiger partial charge < -0.3 is 14.8 Å². The molecule has 0 radical (unpaired) electrons. The Labute approximate surface area is 133 Å². The van der Waals surface area contributed by atoms with Gasteiger partial charge in [-0.15, -0.1) is 0 Å². The molecule has 0 aliphatic carbocycles. The molecule has 2 heterocycles. The molecule has 2 fully saturated rings. The number of methoxy groups -OCH3 is 2. The fraction of sp³-hybridized carbons (Fsp3) is 0.667. The zero-order chi connectivity index (χ0) is 15.4. The monoisotopic (exact) mass is 304 g/mol. The van der Waals surface area contributed by atoms with Crippen LogP contribution in [0, 0.1) is 5.92 Å². The molecule has 1 aromatic rings. The van der Waals surface area contributed by atoms with E-state index in [4.69, 9.17) is 9.47 Å². The summed E-state index contributed by atoms with van der Waals surface area (Å²) in [5.41, 5.74) is 1.36. The van der Waals surface area contributed by atoms with Gasteiger partial charge in [0.25, 0.3) is 0 Å². The van der Waals surface area contributed by atoms with Crippen molar-refractivity contribution in [3.8, 4) is 11.5 Å². The molecule has 122 valence electrons. The first-order valence-electron chi connectivity index (χ1n) is 8.48. The largest absolute Gasteiger partial charge is 0.493 e. The molecule has 0 spiro atoms. The van der Waals surface area contributed by atoms with Gasteiger partial charge in [0.05, 0.1) is 14.2 Å². The van der Waals surface area contributed by atoms with E-state index in [0.717, 1.165) is 17.4 Å². The summed E-state index contributed by atoms with van der Waals surface area (Å²) in [5.74, 6) is 2.50. The maximum Gasteiger partial charge on any atom is 0.161 e. The van der Waals surface area contributed by atoms with Crippen molar-refractivity contribution < 1.29 is 9.47 Å². The van der Waals surface area contributed by atoms with Gasteiger partial charge in [0.2, 0.25) is 0 Å². The van der Waals surface area contributed by atoms with E-state index in [1.807, 2.05) is 6.07 Å². The second kappa shape index (κ2) is 7.34. The molecule has 2 saturated heterocycles. The minimum atomic E-state index is 0.537. The third kappa shape index (κ3) is 3.39. The highest BCUT2D eigenvalue weighted by molar-refractivity contribution is 5.44. The summed E-state index contributed by atoms with van der Waals surface area (Å²) in [6, 6.07) is 6.93. The number of ether oxygens (including phenoxy) is 2. The summed E-state index contributed by atoms with van der Waals surface area (Å²) in [7, 11) is 3.40. The number of nitrogens with one attached hydrogen (secondary N) is 1. The maximum absolute atomic E-state index is 5.47. The summed E-state index contributed by atoms with van der Waals surface area (Å²) >= 11 is 0. The van der Waals surface area contributed by atoms with Gasteiger partial charge in [0, 0.05) is 12.6 Å². The Morgan fingerprint density at radius 3 is 2.59 bits per heavy atom. The first-order valence-corrected chi connectivity index (χ1v) is 8.48. The summed E-state index contributed by atoms with van der Waals surface area (Å²) in [6.45, 7) is 4.82. The van der Waals surface area contributed by atoms with Crippen LogP contribution in [0.4, 0.5) is 0 Å². The third-order valence-electron chi connectivity index (χ3n) is 5.11. The van der Waals surface area contributed by atoms with Crippen LogP contribution in [0.2, 0.25) is 0 Å². The van der Waals surface area contributed by atoms with Crippen LogP contribution in [-0.2, 0) is 0 Å². The molecule has 1 unspecified atom stereocenters. The fourth-order valence-corrected chi connectivity index (χ4v) is 3.88. The van der Waals surface area contributed by atoms with Crippen LogP contribution in [0.25, 0.3) is 0 Å². The predicted octanol–water partition coefficient (Wildman–Crippen LogP) is 2.84.